The number of carbonyl (C=O) groups excluding carboxylic acids is 1. The SMILES string of the molecule is COC(=O)/C=c1\sc2n(c1=O)C(c1ccccc1)C1=C(N=2)C(=C2SCCS2)CCC1. The average Bonchev–Trinajstić information content (AvgIpc) is 3.41. The fraction of sp³-hybridized carbons (Fsp3) is 0.318. The summed E-state index contributed by atoms with van der Waals surface area (Å²) < 4.78 is 8.24. The minimum Gasteiger partial charge on any atom is -0.466 e. The van der Waals surface area contributed by atoms with Crippen LogP contribution in [0, 0.1) is 0 Å². The van der Waals surface area contributed by atoms with Crippen molar-refractivity contribution in [3.05, 3.63) is 76.7 Å². The number of benzene rings is 1. The summed E-state index contributed by atoms with van der Waals surface area (Å²) in [5, 5.41) is 0. The Balaban J connectivity index is 1.79. The minimum absolute atomic E-state index is 0.186. The lowest BCUT2D eigenvalue weighted by Gasteiger charge is -2.31. The number of rotatable bonds is 2. The standard InChI is InChI=1S/C22H20N2O3S3/c1-27-17(25)12-16-20(26)24-19(13-6-3-2-4-7-13)14-8-5-9-15(21-28-10-11-29-21)18(14)23-22(24)30-16/h2-4,6-7,12,19H,5,8-11H2,1H3/b16-12-. The molecule has 1 aliphatic carbocycles. The van der Waals surface area contributed by atoms with Crippen LogP contribution in [0.15, 0.2) is 61.2 Å². The van der Waals surface area contributed by atoms with Crippen LogP contribution in [0.5, 0.6) is 0 Å². The number of thiazole rings is 1. The molecule has 2 aromatic rings. The Morgan fingerprint density at radius 3 is 2.70 bits per heavy atom. The number of methoxy groups -OCH3 is 1. The fourth-order valence-electron chi connectivity index (χ4n) is 4.17. The van der Waals surface area contributed by atoms with Crippen molar-refractivity contribution in [3.8, 4) is 0 Å². The summed E-state index contributed by atoms with van der Waals surface area (Å²) in [5.74, 6) is 1.74. The maximum Gasteiger partial charge on any atom is 0.332 e. The van der Waals surface area contributed by atoms with Gasteiger partial charge in [-0.1, -0.05) is 41.7 Å². The largest absolute Gasteiger partial charge is 0.466 e. The Hall–Kier alpha value is -2.03. The molecule has 1 atom stereocenters. The highest BCUT2D eigenvalue weighted by molar-refractivity contribution is 8.25. The van der Waals surface area contributed by atoms with E-state index in [0.717, 1.165) is 42.0 Å². The summed E-state index contributed by atoms with van der Waals surface area (Å²) in [6.45, 7) is 0. The van der Waals surface area contributed by atoms with Gasteiger partial charge in [0.05, 0.1) is 18.8 Å². The van der Waals surface area contributed by atoms with E-state index < -0.39 is 5.97 Å². The van der Waals surface area contributed by atoms with Crippen LogP contribution in [0.3, 0.4) is 0 Å². The van der Waals surface area contributed by atoms with Gasteiger partial charge in [0.15, 0.2) is 4.80 Å². The van der Waals surface area contributed by atoms with Gasteiger partial charge < -0.3 is 4.74 Å². The van der Waals surface area contributed by atoms with Gasteiger partial charge in [-0.15, -0.1) is 23.5 Å². The van der Waals surface area contributed by atoms with Gasteiger partial charge in [-0.3, -0.25) is 9.36 Å². The molecule has 5 rings (SSSR count). The third kappa shape index (κ3) is 3.40. The molecule has 30 heavy (non-hydrogen) atoms. The monoisotopic (exact) mass is 456 g/mol. The third-order valence-electron chi connectivity index (χ3n) is 5.46. The summed E-state index contributed by atoms with van der Waals surface area (Å²) in [6, 6.07) is 9.94. The maximum absolute atomic E-state index is 13.3. The normalized spacial score (nSPS) is 21.4. The van der Waals surface area contributed by atoms with Crippen molar-refractivity contribution in [2.45, 2.75) is 25.3 Å². The van der Waals surface area contributed by atoms with Crippen molar-refractivity contribution in [3.63, 3.8) is 0 Å². The van der Waals surface area contributed by atoms with Crippen LogP contribution in [0.25, 0.3) is 6.08 Å². The Morgan fingerprint density at radius 2 is 1.97 bits per heavy atom. The molecule has 154 valence electrons. The molecule has 0 bridgehead atoms. The van der Waals surface area contributed by atoms with E-state index in [1.165, 1.54) is 39.9 Å². The first-order chi connectivity index (χ1) is 14.7. The van der Waals surface area contributed by atoms with Gasteiger partial charge in [0.2, 0.25) is 0 Å². The highest BCUT2D eigenvalue weighted by Crippen LogP contribution is 2.47. The van der Waals surface area contributed by atoms with Crippen molar-refractivity contribution in [1.82, 2.24) is 4.57 Å². The molecule has 1 aromatic carbocycles. The molecule has 3 heterocycles. The molecule has 1 saturated heterocycles. The lowest BCUT2D eigenvalue weighted by atomic mass is 9.85. The number of thioether (sulfide) groups is 2. The molecule has 1 unspecified atom stereocenters. The lowest BCUT2D eigenvalue weighted by molar-refractivity contribution is -0.133. The summed E-state index contributed by atoms with van der Waals surface area (Å²) in [5.41, 5.74) is 4.48. The van der Waals surface area contributed by atoms with Crippen LogP contribution in [0.2, 0.25) is 0 Å². The number of hydrogen-bond donors (Lipinski definition) is 0. The van der Waals surface area contributed by atoms with E-state index in [-0.39, 0.29) is 11.6 Å². The second-order valence-corrected chi connectivity index (χ2v) is 10.7. The quantitative estimate of drug-likeness (QED) is 0.650. The van der Waals surface area contributed by atoms with Gasteiger partial charge in [-0.2, -0.15) is 0 Å². The van der Waals surface area contributed by atoms with Crippen LogP contribution >= 0.6 is 34.9 Å². The number of nitrogens with zero attached hydrogens (tertiary/aromatic N) is 2. The van der Waals surface area contributed by atoms with Crippen LogP contribution in [-0.2, 0) is 9.53 Å². The van der Waals surface area contributed by atoms with E-state index in [1.807, 2.05) is 41.7 Å². The lowest BCUT2D eigenvalue weighted by Crippen LogP contribution is -2.39. The van der Waals surface area contributed by atoms with Gasteiger partial charge in [-0.05, 0) is 36.0 Å². The Kier molecular flexibility index (Phi) is 5.47. The molecular formula is C22H20N2O3S3. The molecule has 0 N–H and O–H groups in total. The second-order valence-electron chi connectivity index (χ2n) is 7.21. The number of esters is 1. The van der Waals surface area contributed by atoms with E-state index >= 15 is 0 Å². The van der Waals surface area contributed by atoms with Crippen LogP contribution in [0.1, 0.15) is 30.9 Å². The van der Waals surface area contributed by atoms with E-state index in [1.54, 1.807) is 4.57 Å². The first kappa shape index (κ1) is 19.9. The van der Waals surface area contributed by atoms with E-state index in [9.17, 15) is 9.59 Å². The molecule has 0 spiro atoms. The smallest absolute Gasteiger partial charge is 0.332 e. The van der Waals surface area contributed by atoms with Gasteiger partial charge in [0, 0.05) is 21.8 Å². The number of allylic oxidation sites excluding steroid dienone is 2. The third-order valence-corrected chi connectivity index (χ3v) is 9.24. The molecular weight excluding hydrogens is 436 g/mol. The van der Waals surface area contributed by atoms with E-state index in [4.69, 9.17) is 9.73 Å². The second kappa shape index (κ2) is 8.24. The van der Waals surface area contributed by atoms with Crippen molar-refractivity contribution < 1.29 is 9.53 Å². The van der Waals surface area contributed by atoms with Gasteiger partial charge >= 0.3 is 5.97 Å². The Labute approximate surface area is 186 Å². The first-order valence-corrected chi connectivity index (χ1v) is 12.6. The predicted octanol–water partition coefficient (Wildman–Crippen LogP) is 3.22. The van der Waals surface area contributed by atoms with Crippen molar-refractivity contribution >= 4 is 46.9 Å². The van der Waals surface area contributed by atoms with Crippen LogP contribution in [-0.4, -0.2) is 29.2 Å². The Bertz CT molecular complexity index is 1250. The van der Waals surface area contributed by atoms with Crippen molar-refractivity contribution in [2.75, 3.05) is 18.6 Å². The van der Waals surface area contributed by atoms with Crippen molar-refractivity contribution in [2.24, 2.45) is 4.99 Å². The fourth-order valence-corrected chi connectivity index (χ4v) is 7.75. The van der Waals surface area contributed by atoms with E-state index in [0.29, 0.717) is 9.33 Å². The number of fused-ring (bicyclic) bond motifs is 1. The molecule has 0 radical (unpaired) electrons. The molecule has 3 aliphatic rings. The number of aromatic nitrogens is 1. The first-order valence-electron chi connectivity index (χ1n) is 9.84. The van der Waals surface area contributed by atoms with Gasteiger partial charge in [0.1, 0.15) is 4.53 Å². The number of ether oxygens (including phenoxy) is 1. The number of hydrogen-bond acceptors (Lipinski definition) is 7. The molecule has 8 heteroatoms. The van der Waals surface area contributed by atoms with E-state index in [2.05, 4.69) is 12.1 Å². The number of carbonyl (C=O) groups is 1. The predicted molar refractivity (Wildman–Crippen MR) is 123 cm³/mol. The van der Waals surface area contributed by atoms with Crippen LogP contribution in [0.4, 0.5) is 0 Å². The zero-order valence-corrected chi connectivity index (χ0v) is 18.9. The Morgan fingerprint density at radius 1 is 1.20 bits per heavy atom. The summed E-state index contributed by atoms with van der Waals surface area (Å²) in [6.07, 6.45) is 4.28. The zero-order valence-electron chi connectivity index (χ0n) is 16.4. The van der Waals surface area contributed by atoms with Gasteiger partial charge in [-0.25, -0.2) is 9.79 Å². The highest BCUT2D eigenvalue weighted by Gasteiger charge is 2.33. The molecule has 1 fully saturated rings. The minimum atomic E-state index is -0.526. The highest BCUT2D eigenvalue weighted by atomic mass is 32.2. The summed E-state index contributed by atoms with van der Waals surface area (Å²) in [7, 11) is 1.32. The van der Waals surface area contributed by atoms with Gasteiger partial charge in [0.25, 0.3) is 5.56 Å². The zero-order chi connectivity index (χ0) is 20.7. The molecule has 5 nitrogen and oxygen atoms in total. The molecule has 2 aliphatic heterocycles. The molecule has 0 amide bonds. The van der Waals surface area contributed by atoms with Crippen molar-refractivity contribution in [1.29, 1.82) is 0 Å². The maximum atomic E-state index is 13.3. The summed E-state index contributed by atoms with van der Waals surface area (Å²) in [4.78, 5) is 30.7. The molecule has 1 aromatic heterocycles. The molecule has 0 saturated carbocycles. The van der Waals surface area contributed by atoms with Crippen LogP contribution < -0.4 is 14.9 Å². The topological polar surface area (TPSA) is 60.7 Å². The average molecular weight is 457 g/mol. The summed E-state index contributed by atoms with van der Waals surface area (Å²) >= 11 is 5.10.